The van der Waals surface area contributed by atoms with Crippen LogP contribution in [0.15, 0.2) is 6.07 Å². The first kappa shape index (κ1) is 11.7. The smallest absolute Gasteiger partial charge is 0.231 e. The molecule has 0 saturated carbocycles. The first-order valence-corrected chi connectivity index (χ1v) is 5.41. The van der Waals surface area contributed by atoms with Crippen LogP contribution in [0.2, 0.25) is 0 Å². The van der Waals surface area contributed by atoms with E-state index in [4.69, 9.17) is 14.2 Å². The molecule has 5 heteroatoms. The molecule has 5 nitrogen and oxygen atoms in total. The standard InChI is InChI=1S/C12H15NO4/c1-13-4-3-8-5-10-12(17-7-16-10)11(15-2)9(8)6-14/h5-6,13H,3-4,7H2,1-2H3. The van der Waals surface area contributed by atoms with Gasteiger partial charge in [0.25, 0.3) is 0 Å². The Kier molecular flexibility index (Phi) is 3.49. The van der Waals surface area contributed by atoms with E-state index >= 15 is 0 Å². The Balaban J connectivity index is 2.48. The molecule has 0 bridgehead atoms. The molecule has 1 heterocycles. The molecule has 1 aliphatic rings. The predicted octanol–water partition coefficient (Wildman–Crippen LogP) is 0.998. The van der Waals surface area contributed by atoms with Gasteiger partial charge in [0.1, 0.15) is 0 Å². The number of methoxy groups -OCH3 is 1. The lowest BCUT2D eigenvalue weighted by molar-refractivity contribution is 0.111. The topological polar surface area (TPSA) is 56.8 Å². The number of likely N-dealkylation sites (N-methyl/N-ethyl adjacent to an activating group) is 1. The number of hydrogen-bond donors (Lipinski definition) is 1. The van der Waals surface area contributed by atoms with Gasteiger partial charge in [0.05, 0.1) is 12.7 Å². The fraction of sp³-hybridized carbons (Fsp3) is 0.417. The summed E-state index contributed by atoms with van der Waals surface area (Å²) in [6.07, 6.45) is 1.53. The van der Waals surface area contributed by atoms with Crippen LogP contribution in [-0.2, 0) is 6.42 Å². The Morgan fingerprint density at radius 2 is 2.35 bits per heavy atom. The summed E-state index contributed by atoms with van der Waals surface area (Å²) in [6.45, 7) is 0.948. The largest absolute Gasteiger partial charge is 0.492 e. The van der Waals surface area contributed by atoms with Gasteiger partial charge in [-0.05, 0) is 31.6 Å². The molecule has 0 aliphatic carbocycles. The molecule has 1 aromatic rings. The van der Waals surface area contributed by atoms with Gasteiger partial charge in [0.2, 0.25) is 12.5 Å². The zero-order valence-electron chi connectivity index (χ0n) is 9.91. The molecule has 1 aliphatic heterocycles. The summed E-state index contributed by atoms with van der Waals surface area (Å²) < 4.78 is 15.9. The van der Waals surface area contributed by atoms with Gasteiger partial charge in [0.15, 0.2) is 17.8 Å². The summed E-state index contributed by atoms with van der Waals surface area (Å²) in [4.78, 5) is 11.2. The van der Waals surface area contributed by atoms with E-state index in [0.29, 0.717) is 22.8 Å². The molecule has 17 heavy (non-hydrogen) atoms. The minimum Gasteiger partial charge on any atom is -0.492 e. The van der Waals surface area contributed by atoms with E-state index in [1.807, 2.05) is 13.1 Å². The highest BCUT2D eigenvalue weighted by atomic mass is 16.7. The molecule has 0 amide bonds. The minimum absolute atomic E-state index is 0.166. The van der Waals surface area contributed by atoms with Crippen molar-refractivity contribution in [1.29, 1.82) is 0 Å². The maximum Gasteiger partial charge on any atom is 0.231 e. The van der Waals surface area contributed by atoms with Crippen LogP contribution >= 0.6 is 0 Å². The second-order valence-electron chi connectivity index (χ2n) is 3.69. The van der Waals surface area contributed by atoms with Crippen LogP contribution in [0.3, 0.4) is 0 Å². The van der Waals surface area contributed by atoms with E-state index < -0.39 is 0 Å². The van der Waals surface area contributed by atoms with Crippen LogP contribution < -0.4 is 19.5 Å². The molecular weight excluding hydrogens is 222 g/mol. The van der Waals surface area contributed by atoms with Gasteiger partial charge in [-0.1, -0.05) is 0 Å². The number of rotatable bonds is 5. The SMILES string of the molecule is CNCCc1cc2c(c(OC)c1C=O)OCO2. The van der Waals surface area contributed by atoms with Crippen LogP contribution in [0.1, 0.15) is 15.9 Å². The molecule has 92 valence electrons. The molecule has 2 rings (SSSR count). The van der Waals surface area contributed by atoms with Crippen molar-refractivity contribution in [2.24, 2.45) is 0 Å². The number of hydrogen-bond acceptors (Lipinski definition) is 5. The van der Waals surface area contributed by atoms with Crippen molar-refractivity contribution in [2.45, 2.75) is 6.42 Å². The van der Waals surface area contributed by atoms with Crippen molar-refractivity contribution in [3.05, 3.63) is 17.2 Å². The van der Waals surface area contributed by atoms with E-state index in [1.54, 1.807) is 0 Å². The molecule has 0 radical (unpaired) electrons. The molecule has 0 unspecified atom stereocenters. The second-order valence-corrected chi connectivity index (χ2v) is 3.69. The number of carbonyl (C=O) groups is 1. The molecule has 0 spiro atoms. The third kappa shape index (κ3) is 2.06. The Labute approximate surface area is 99.7 Å². The Bertz CT molecular complexity index is 431. The third-order valence-electron chi connectivity index (χ3n) is 2.71. The Morgan fingerprint density at radius 3 is 3.00 bits per heavy atom. The van der Waals surface area contributed by atoms with Crippen LogP contribution in [0, 0.1) is 0 Å². The molecule has 0 atom stereocenters. The summed E-state index contributed by atoms with van der Waals surface area (Å²) in [6, 6.07) is 1.84. The van der Waals surface area contributed by atoms with Crippen molar-refractivity contribution in [2.75, 3.05) is 27.5 Å². The number of benzene rings is 1. The lowest BCUT2D eigenvalue weighted by Crippen LogP contribution is -2.12. The van der Waals surface area contributed by atoms with Crippen LogP contribution in [0.5, 0.6) is 17.2 Å². The molecule has 0 aromatic heterocycles. The number of nitrogens with one attached hydrogen (secondary N) is 1. The molecule has 0 fully saturated rings. The number of carbonyl (C=O) groups excluding carboxylic acids is 1. The van der Waals surface area contributed by atoms with E-state index in [9.17, 15) is 4.79 Å². The average molecular weight is 237 g/mol. The summed E-state index contributed by atoms with van der Waals surface area (Å²) >= 11 is 0. The zero-order chi connectivity index (χ0) is 12.3. The van der Waals surface area contributed by atoms with Gasteiger partial charge < -0.3 is 19.5 Å². The maximum atomic E-state index is 11.2. The van der Waals surface area contributed by atoms with E-state index in [1.165, 1.54) is 7.11 Å². The number of aldehydes is 1. The van der Waals surface area contributed by atoms with Crippen molar-refractivity contribution in [3.8, 4) is 17.2 Å². The molecular formula is C12H15NO4. The lowest BCUT2D eigenvalue weighted by atomic mass is 10.0. The highest BCUT2D eigenvalue weighted by Crippen LogP contribution is 2.44. The van der Waals surface area contributed by atoms with Gasteiger partial charge in [-0.2, -0.15) is 0 Å². The predicted molar refractivity (Wildman–Crippen MR) is 62.1 cm³/mol. The highest BCUT2D eigenvalue weighted by Gasteiger charge is 2.24. The first-order valence-electron chi connectivity index (χ1n) is 5.41. The average Bonchev–Trinajstić information content (AvgIpc) is 2.81. The van der Waals surface area contributed by atoms with Crippen LogP contribution in [0.4, 0.5) is 0 Å². The first-order chi connectivity index (χ1) is 8.31. The second kappa shape index (κ2) is 5.05. The summed E-state index contributed by atoms with van der Waals surface area (Å²) in [7, 11) is 3.39. The van der Waals surface area contributed by atoms with Crippen molar-refractivity contribution < 1.29 is 19.0 Å². The third-order valence-corrected chi connectivity index (χ3v) is 2.71. The zero-order valence-corrected chi connectivity index (χ0v) is 9.91. The van der Waals surface area contributed by atoms with Crippen LogP contribution in [0.25, 0.3) is 0 Å². The summed E-state index contributed by atoms with van der Waals surface area (Å²) in [5, 5.41) is 3.04. The quantitative estimate of drug-likeness (QED) is 0.774. The Morgan fingerprint density at radius 1 is 1.53 bits per heavy atom. The number of fused-ring (bicyclic) bond motifs is 1. The highest BCUT2D eigenvalue weighted by molar-refractivity contribution is 5.85. The van der Waals surface area contributed by atoms with Gasteiger partial charge in [-0.25, -0.2) is 0 Å². The fourth-order valence-electron chi connectivity index (χ4n) is 1.88. The van der Waals surface area contributed by atoms with Gasteiger partial charge >= 0.3 is 0 Å². The molecule has 1 N–H and O–H groups in total. The maximum absolute atomic E-state index is 11.2. The van der Waals surface area contributed by atoms with Crippen molar-refractivity contribution >= 4 is 6.29 Å². The monoisotopic (exact) mass is 237 g/mol. The Hall–Kier alpha value is -1.75. The fourth-order valence-corrected chi connectivity index (χ4v) is 1.88. The lowest BCUT2D eigenvalue weighted by Gasteiger charge is -2.12. The summed E-state index contributed by atoms with van der Waals surface area (Å²) in [5.41, 5.74) is 1.43. The molecule has 0 saturated heterocycles. The van der Waals surface area contributed by atoms with Crippen molar-refractivity contribution in [1.82, 2.24) is 5.32 Å². The van der Waals surface area contributed by atoms with E-state index in [-0.39, 0.29) is 6.79 Å². The van der Waals surface area contributed by atoms with Crippen LogP contribution in [-0.4, -0.2) is 33.8 Å². The minimum atomic E-state index is 0.166. The summed E-state index contributed by atoms with van der Waals surface area (Å²) in [5.74, 6) is 1.61. The molecule has 1 aromatic carbocycles. The van der Waals surface area contributed by atoms with Gasteiger partial charge in [0, 0.05) is 0 Å². The van der Waals surface area contributed by atoms with E-state index in [2.05, 4.69) is 5.32 Å². The normalized spacial score (nSPS) is 12.6. The van der Waals surface area contributed by atoms with Crippen molar-refractivity contribution in [3.63, 3.8) is 0 Å². The van der Waals surface area contributed by atoms with E-state index in [0.717, 1.165) is 24.8 Å². The number of ether oxygens (including phenoxy) is 3. The van der Waals surface area contributed by atoms with Gasteiger partial charge in [-0.15, -0.1) is 0 Å². The van der Waals surface area contributed by atoms with Gasteiger partial charge in [-0.3, -0.25) is 4.79 Å².